The largest absolute Gasteiger partial charge is 0.482 e. The minimum absolute atomic E-state index is 0.00324. The number of esters is 2. The second-order valence-corrected chi connectivity index (χ2v) is 10.0. The van der Waals surface area contributed by atoms with E-state index >= 15 is 0 Å². The Balaban J connectivity index is 1.49. The third kappa shape index (κ3) is 8.40. The lowest BCUT2D eigenvalue weighted by molar-refractivity contribution is -0.154. The van der Waals surface area contributed by atoms with Crippen LogP contribution in [0.25, 0.3) is 0 Å². The van der Waals surface area contributed by atoms with Crippen LogP contribution in [-0.4, -0.2) is 54.7 Å². The Bertz CT molecular complexity index is 1030. The van der Waals surface area contributed by atoms with E-state index in [1.807, 2.05) is 37.8 Å². The summed E-state index contributed by atoms with van der Waals surface area (Å²) in [5, 5.41) is 0. The Morgan fingerprint density at radius 2 is 1.67 bits per heavy atom. The van der Waals surface area contributed by atoms with E-state index in [9.17, 15) is 14.4 Å². The van der Waals surface area contributed by atoms with Crippen LogP contribution in [0.15, 0.2) is 48.5 Å². The Kier molecular flexibility index (Phi) is 9.51. The van der Waals surface area contributed by atoms with Crippen LogP contribution < -0.4 is 4.74 Å². The van der Waals surface area contributed by atoms with Gasteiger partial charge in [-0.1, -0.05) is 24.3 Å². The van der Waals surface area contributed by atoms with Crippen molar-refractivity contribution in [1.29, 1.82) is 0 Å². The summed E-state index contributed by atoms with van der Waals surface area (Å²) in [4.78, 5) is 38.3. The number of amides is 1. The van der Waals surface area contributed by atoms with Crippen molar-refractivity contribution in [3.8, 4) is 5.75 Å². The summed E-state index contributed by atoms with van der Waals surface area (Å²) < 4.78 is 15.7. The molecule has 0 radical (unpaired) electrons. The third-order valence-electron chi connectivity index (χ3n) is 6.01. The van der Waals surface area contributed by atoms with Crippen LogP contribution in [0.4, 0.5) is 0 Å². The average molecular weight is 496 g/mol. The molecule has 0 aliphatic carbocycles. The molecule has 0 spiro atoms. The number of benzene rings is 2. The number of likely N-dealkylation sites (tertiary alicyclic amines) is 1. The Labute approximate surface area is 213 Å². The van der Waals surface area contributed by atoms with Gasteiger partial charge in [-0.15, -0.1) is 0 Å². The van der Waals surface area contributed by atoms with Gasteiger partial charge in [0, 0.05) is 25.1 Å². The molecule has 0 unspecified atom stereocenters. The minimum atomic E-state index is -0.468. The highest BCUT2D eigenvalue weighted by Gasteiger charge is 2.25. The summed E-state index contributed by atoms with van der Waals surface area (Å²) in [6.45, 7) is 8.90. The number of carbonyl (C=O) groups excluding carboxylic acids is 3. The summed E-state index contributed by atoms with van der Waals surface area (Å²) in [6, 6.07) is 15.3. The minimum Gasteiger partial charge on any atom is -0.482 e. The topological polar surface area (TPSA) is 82.1 Å². The van der Waals surface area contributed by atoms with Crippen LogP contribution in [0.5, 0.6) is 5.75 Å². The van der Waals surface area contributed by atoms with Gasteiger partial charge < -0.3 is 19.1 Å². The summed E-state index contributed by atoms with van der Waals surface area (Å²) in [6.07, 6.45) is 2.80. The van der Waals surface area contributed by atoms with Crippen molar-refractivity contribution in [2.75, 3.05) is 26.3 Å². The number of carbonyl (C=O) groups is 3. The number of nitrogens with zero attached hydrogens (tertiary/aromatic N) is 1. The molecule has 0 N–H and O–H groups in total. The molecule has 0 saturated carbocycles. The van der Waals surface area contributed by atoms with E-state index in [1.165, 1.54) is 5.56 Å². The van der Waals surface area contributed by atoms with Crippen molar-refractivity contribution < 1.29 is 28.6 Å². The third-order valence-corrected chi connectivity index (χ3v) is 6.01. The van der Waals surface area contributed by atoms with E-state index in [0.29, 0.717) is 49.8 Å². The number of piperidine rings is 1. The molecule has 1 amide bonds. The molecule has 1 aliphatic rings. The van der Waals surface area contributed by atoms with E-state index in [2.05, 4.69) is 12.1 Å². The lowest BCUT2D eigenvalue weighted by Crippen LogP contribution is -2.37. The predicted octanol–water partition coefficient (Wildman–Crippen LogP) is 4.92. The summed E-state index contributed by atoms with van der Waals surface area (Å²) in [5.41, 5.74) is 2.51. The maximum absolute atomic E-state index is 13.0. The lowest BCUT2D eigenvalue weighted by atomic mass is 9.88. The second kappa shape index (κ2) is 12.6. The molecule has 2 aromatic carbocycles. The standard InChI is InChI=1S/C29H37NO6/c1-5-34-27(32)20-35-25-12-10-23(11-13-25)28(33)30-17-15-22(16-18-30)24-8-6-7-21(19-24)9-14-26(31)36-29(2,3)4/h6-8,10-13,19,22H,5,9,14-18,20H2,1-4H3. The molecular weight excluding hydrogens is 458 g/mol. The van der Waals surface area contributed by atoms with E-state index in [4.69, 9.17) is 14.2 Å². The van der Waals surface area contributed by atoms with Crippen molar-refractivity contribution in [1.82, 2.24) is 4.90 Å². The van der Waals surface area contributed by atoms with Crippen LogP contribution in [0.1, 0.15) is 74.4 Å². The zero-order valence-corrected chi connectivity index (χ0v) is 21.7. The first-order valence-electron chi connectivity index (χ1n) is 12.6. The molecule has 1 heterocycles. The van der Waals surface area contributed by atoms with Crippen molar-refractivity contribution in [3.63, 3.8) is 0 Å². The van der Waals surface area contributed by atoms with Crippen molar-refractivity contribution in [3.05, 3.63) is 65.2 Å². The SMILES string of the molecule is CCOC(=O)COc1ccc(C(=O)N2CCC(c3cccc(CCC(=O)OC(C)(C)C)c3)CC2)cc1. The van der Waals surface area contributed by atoms with Gasteiger partial charge in [0.2, 0.25) is 0 Å². The first-order chi connectivity index (χ1) is 17.1. The van der Waals surface area contributed by atoms with Gasteiger partial charge in [0.25, 0.3) is 5.91 Å². The molecular formula is C29H37NO6. The average Bonchev–Trinajstić information content (AvgIpc) is 2.86. The fourth-order valence-electron chi connectivity index (χ4n) is 4.28. The number of hydrogen-bond donors (Lipinski definition) is 0. The zero-order chi connectivity index (χ0) is 26.1. The van der Waals surface area contributed by atoms with E-state index < -0.39 is 11.6 Å². The molecule has 36 heavy (non-hydrogen) atoms. The van der Waals surface area contributed by atoms with Gasteiger partial charge in [-0.2, -0.15) is 0 Å². The van der Waals surface area contributed by atoms with Gasteiger partial charge in [0.05, 0.1) is 6.61 Å². The first-order valence-corrected chi connectivity index (χ1v) is 12.6. The zero-order valence-electron chi connectivity index (χ0n) is 21.7. The van der Waals surface area contributed by atoms with Gasteiger partial charge in [0.15, 0.2) is 6.61 Å². The second-order valence-electron chi connectivity index (χ2n) is 10.0. The smallest absolute Gasteiger partial charge is 0.344 e. The lowest BCUT2D eigenvalue weighted by Gasteiger charge is -2.32. The quantitative estimate of drug-likeness (QED) is 0.459. The molecule has 7 nitrogen and oxygen atoms in total. The molecule has 0 bridgehead atoms. The number of hydrogen-bond acceptors (Lipinski definition) is 6. The van der Waals surface area contributed by atoms with Crippen molar-refractivity contribution in [2.45, 2.75) is 64.9 Å². The summed E-state index contributed by atoms with van der Waals surface area (Å²) >= 11 is 0. The molecule has 0 aromatic heterocycles. The molecule has 1 fully saturated rings. The van der Waals surface area contributed by atoms with Crippen molar-refractivity contribution >= 4 is 17.8 Å². The van der Waals surface area contributed by atoms with E-state index in [0.717, 1.165) is 18.4 Å². The monoisotopic (exact) mass is 495 g/mol. The predicted molar refractivity (Wildman–Crippen MR) is 137 cm³/mol. The maximum atomic E-state index is 13.0. The molecule has 2 aromatic rings. The highest BCUT2D eigenvalue weighted by Crippen LogP contribution is 2.29. The molecule has 1 aliphatic heterocycles. The van der Waals surface area contributed by atoms with Gasteiger partial charge in [-0.3, -0.25) is 9.59 Å². The number of ether oxygens (including phenoxy) is 3. The first kappa shape index (κ1) is 27.2. The van der Waals surface area contributed by atoms with Gasteiger partial charge in [-0.25, -0.2) is 4.79 Å². The highest BCUT2D eigenvalue weighted by molar-refractivity contribution is 5.94. The number of rotatable bonds is 9. The van der Waals surface area contributed by atoms with E-state index in [1.54, 1.807) is 31.2 Å². The Morgan fingerprint density at radius 3 is 2.31 bits per heavy atom. The van der Waals surface area contributed by atoms with Gasteiger partial charge in [-0.05, 0) is 88.3 Å². The Morgan fingerprint density at radius 1 is 0.972 bits per heavy atom. The Hall–Kier alpha value is -3.35. The fraction of sp³-hybridized carbons (Fsp3) is 0.483. The number of aryl methyl sites for hydroxylation is 1. The van der Waals surface area contributed by atoms with Crippen LogP contribution in [-0.2, 0) is 25.5 Å². The van der Waals surface area contributed by atoms with E-state index in [-0.39, 0.29) is 18.5 Å². The molecule has 7 heteroatoms. The maximum Gasteiger partial charge on any atom is 0.344 e. The molecule has 0 atom stereocenters. The molecule has 3 rings (SSSR count). The molecule has 1 saturated heterocycles. The van der Waals surface area contributed by atoms with Crippen LogP contribution in [0.3, 0.4) is 0 Å². The van der Waals surface area contributed by atoms with Crippen molar-refractivity contribution in [2.24, 2.45) is 0 Å². The van der Waals surface area contributed by atoms with Gasteiger partial charge in [0.1, 0.15) is 11.4 Å². The summed E-state index contributed by atoms with van der Waals surface area (Å²) in [7, 11) is 0. The molecule has 194 valence electrons. The van der Waals surface area contributed by atoms with Crippen LogP contribution >= 0.6 is 0 Å². The van der Waals surface area contributed by atoms with Gasteiger partial charge >= 0.3 is 11.9 Å². The van der Waals surface area contributed by atoms with Crippen LogP contribution in [0, 0.1) is 0 Å². The highest BCUT2D eigenvalue weighted by atomic mass is 16.6. The normalized spacial score (nSPS) is 14.3. The summed E-state index contributed by atoms with van der Waals surface area (Å²) in [5.74, 6) is 0.294. The fourth-order valence-corrected chi connectivity index (χ4v) is 4.28. The van der Waals surface area contributed by atoms with Crippen LogP contribution in [0.2, 0.25) is 0 Å².